The lowest BCUT2D eigenvalue weighted by molar-refractivity contribution is 0.477. The second kappa shape index (κ2) is 9.41. The van der Waals surface area contributed by atoms with E-state index in [1.165, 1.54) is 5.56 Å². The molecule has 0 saturated heterocycles. The first-order valence-electron chi connectivity index (χ1n) is 8.14. The second-order valence-electron chi connectivity index (χ2n) is 5.76. The Morgan fingerprint density at radius 2 is 1.92 bits per heavy atom. The zero-order valence-electron chi connectivity index (χ0n) is 14.6. The number of nitrogens with zero attached hydrogens (tertiary/aromatic N) is 4. The molecule has 0 radical (unpaired) electrons. The van der Waals surface area contributed by atoms with Crippen molar-refractivity contribution in [3.05, 3.63) is 72.2 Å². The molecule has 2 heterocycles. The van der Waals surface area contributed by atoms with Crippen LogP contribution >= 0.6 is 24.0 Å². The molecule has 6 heteroatoms. The van der Waals surface area contributed by atoms with Crippen LogP contribution in [0.5, 0.6) is 0 Å². The molecule has 0 unspecified atom stereocenters. The average Bonchev–Trinajstić information content (AvgIpc) is 3.02. The maximum absolute atomic E-state index is 4.62. The van der Waals surface area contributed by atoms with Gasteiger partial charge in [-0.05, 0) is 17.7 Å². The molecule has 0 atom stereocenters. The van der Waals surface area contributed by atoms with Crippen molar-refractivity contribution < 1.29 is 0 Å². The molecule has 0 fully saturated rings. The van der Waals surface area contributed by atoms with Crippen LogP contribution < -0.4 is 5.32 Å². The Kier molecular flexibility index (Phi) is 7.24. The summed E-state index contributed by atoms with van der Waals surface area (Å²) in [5, 5.41) is 3.41. The fourth-order valence-corrected chi connectivity index (χ4v) is 2.73. The molecule has 2 aromatic heterocycles. The predicted molar refractivity (Wildman–Crippen MR) is 114 cm³/mol. The van der Waals surface area contributed by atoms with Gasteiger partial charge in [0, 0.05) is 46.0 Å². The van der Waals surface area contributed by atoms with Crippen LogP contribution in [0.15, 0.2) is 65.9 Å². The molecule has 0 aliphatic carbocycles. The van der Waals surface area contributed by atoms with Crippen LogP contribution in [-0.4, -0.2) is 40.9 Å². The van der Waals surface area contributed by atoms with Crippen LogP contribution in [0.1, 0.15) is 11.3 Å². The third kappa shape index (κ3) is 5.19. The number of halogens is 1. The van der Waals surface area contributed by atoms with Crippen LogP contribution in [0.4, 0.5) is 0 Å². The quantitative estimate of drug-likeness (QED) is 0.370. The molecule has 25 heavy (non-hydrogen) atoms. The highest BCUT2D eigenvalue weighted by atomic mass is 127. The summed E-state index contributed by atoms with van der Waals surface area (Å²) in [5.41, 5.74) is 3.33. The molecule has 0 bridgehead atoms. The third-order valence-corrected chi connectivity index (χ3v) is 3.91. The molecule has 3 rings (SSSR count). The first kappa shape index (κ1) is 19.2. The summed E-state index contributed by atoms with van der Waals surface area (Å²) in [6.45, 7) is 1.63. The first-order chi connectivity index (χ1) is 11.8. The predicted octanol–water partition coefficient (Wildman–Crippen LogP) is 3.20. The summed E-state index contributed by atoms with van der Waals surface area (Å²) >= 11 is 0. The summed E-state index contributed by atoms with van der Waals surface area (Å²) in [7, 11) is 3.86. The molecule has 0 aliphatic heterocycles. The monoisotopic (exact) mass is 449 g/mol. The summed E-state index contributed by atoms with van der Waals surface area (Å²) in [5.74, 6) is 0.891. The normalized spacial score (nSPS) is 11.2. The van der Waals surface area contributed by atoms with E-state index in [1.807, 2.05) is 49.0 Å². The highest BCUT2D eigenvalue weighted by molar-refractivity contribution is 14.0. The number of rotatable bonds is 5. The standard InChI is InChI=1S/C19H23N5.HI/c1-20-19(23(2)14-16-8-4-3-5-9-16)21-12-11-17-15-24-13-7-6-10-18(24)22-17;/h3-10,13,15H,11-12,14H2,1-2H3,(H,20,21);1H. The Bertz CT molecular complexity index is 780. The molecule has 0 saturated carbocycles. The van der Waals surface area contributed by atoms with E-state index in [2.05, 4.69) is 50.7 Å². The van der Waals surface area contributed by atoms with Gasteiger partial charge in [-0.15, -0.1) is 24.0 Å². The van der Waals surface area contributed by atoms with Gasteiger partial charge in [-0.25, -0.2) is 4.98 Å². The van der Waals surface area contributed by atoms with Crippen LogP contribution in [0.25, 0.3) is 5.65 Å². The van der Waals surface area contributed by atoms with Gasteiger partial charge >= 0.3 is 0 Å². The Balaban J connectivity index is 0.00000225. The Morgan fingerprint density at radius 3 is 2.64 bits per heavy atom. The van der Waals surface area contributed by atoms with Gasteiger partial charge in [0.2, 0.25) is 0 Å². The fourth-order valence-electron chi connectivity index (χ4n) is 2.73. The van der Waals surface area contributed by atoms with E-state index < -0.39 is 0 Å². The average molecular weight is 449 g/mol. The van der Waals surface area contributed by atoms with E-state index in [-0.39, 0.29) is 24.0 Å². The zero-order chi connectivity index (χ0) is 16.8. The minimum Gasteiger partial charge on any atom is -0.356 e. The molecule has 1 N–H and O–H groups in total. The molecule has 0 amide bonds. The van der Waals surface area contributed by atoms with Gasteiger partial charge < -0.3 is 14.6 Å². The highest BCUT2D eigenvalue weighted by Gasteiger charge is 2.07. The van der Waals surface area contributed by atoms with Crippen LogP contribution in [-0.2, 0) is 13.0 Å². The van der Waals surface area contributed by atoms with Crippen molar-refractivity contribution in [3.8, 4) is 0 Å². The minimum absolute atomic E-state index is 0. The van der Waals surface area contributed by atoms with Crippen molar-refractivity contribution in [1.82, 2.24) is 19.6 Å². The van der Waals surface area contributed by atoms with Gasteiger partial charge in [0.25, 0.3) is 0 Å². The lowest BCUT2D eigenvalue weighted by Gasteiger charge is -2.22. The van der Waals surface area contributed by atoms with Crippen molar-refractivity contribution in [2.24, 2.45) is 4.99 Å². The zero-order valence-corrected chi connectivity index (χ0v) is 16.9. The van der Waals surface area contributed by atoms with E-state index in [0.717, 1.165) is 36.8 Å². The highest BCUT2D eigenvalue weighted by Crippen LogP contribution is 2.05. The Hall–Kier alpha value is -2.09. The van der Waals surface area contributed by atoms with E-state index in [0.29, 0.717) is 0 Å². The molecule has 0 spiro atoms. The largest absolute Gasteiger partial charge is 0.356 e. The van der Waals surface area contributed by atoms with Crippen molar-refractivity contribution in [2.75, 3.05) is 20.6 Å². The van der Waals surface area contributed by atoms with Crippen molar-refractivity contribution in [2.45, 2.75) is 13.0 Å². The van der Waals surface area contributed by atoms with Gasteiger partial charge in [0.1, 0.15) is 5.65 Å². The number of aromatic nitrogens is 2. The summed E-state index contributed by atoms with van der Waals surface area (Å²) < 4.78 is 2.05. The number of imidazole rings is 1. The molecule has 3 aromatic rings. The topological polar surface area (TPSA) is 44.9 Å². The third-order valence-electron chi connectivity index (χ3n) is 3.91. The van der Waals surface area contributed by atoms with Crippen molar-refractivity contribution >= 4 is 35.6 Å². The van der Waals surface area contributed by atoms with Gasteiger partial charge in [0.15, 0.2) is 5.96 Å². The number of hydrogen-bond donors (Lipinski definition) is 1. The number of guanidine groups is 1. The number of hydrogen-bond acceptors (Lipinski definition) is 2. The van der Waals surface area contributed by atoms with E-state index in [9.17, 15) is 0 Å². The molecular formula is C19H24IN5. The number of nitrogens with one attached hydrogen (secondary N) is 1. The van der Waals surface area contributed by atoms with Crippen molar-refractivity contribution in [1.29, 1.82) is 0 Å². The lowest BCUT2D eigenvalue weighted by Crippen LogP contribution is -2.39. The lowest BCUT2D eigenvalue weighted by atomic mass is 10.2. The van der Waals surface area contributed by atoms with Gasteiger partial charge in [0.05, 0.1) is 5.69 Å². The summed E-state index contributed by atoms with van der Waals surface area (Å²) in [6.07, 6.45) is 4.96. The molecular weight excluding hydrogens is 425 g/mol. The molecule has 5 nitrogen and oxygen atoms in total. The Labute approximate surface area is 165 Å². The Morgan fingerprint density at radius 1 is 1.16 bits per heavy atom. The van der Waals surface area contributed by atoms with E-state index in [1.54, 1.807) is 0 Å². The smallest absolute Gasteiger partial charge is 0.193 e. The van der Waals surface area contributed by atoms with Gasteiger partial charge in [-0.2, -0.15) is 0 Å². The minimum atomic E-state index is 0. The van der Waals surface area contributed by atoms with E-state index >= 15 is 0 Å². The molecule has 0 aliphatic rings. The first-order valence-corrected chi connectivity index (χ1v) is 8.14. The number of pyridine rings is 1. The summed E-state index contributed by atoms with van der Waals surface area (Å²) in [4.78, 5) is 11.1. The van der Waals surface area contributed by atoms with Crippen LogP contribution in [0.3, 0.4) is 0 Å². The molecule has 1 aromatic carbocycles. The molecule has 132 valence electrons. The second-order valence-corrected chi connectivity index (χ2v) is 5.76. The van der Waals surface area contributed by atoms with Crippen LogP contribution in [0, 0.1) is 0 Å². The summed E-state index contributed by atoms with van der Waals surface area (Å²) in [6, 6.07) is 16.4. The number of benzene rings is 1. The maximum atomic E-state index is 4.62. The van der Waals surface area contributed by atoms with Gasteiger partial charge in [-0.1, -0.05) is 36.4 Å². The van der Waals surface area contributed by atoms with Crippen molar-refractivity contribution in [3.63, 3.8) is 0 Å². The number of aliphatic imine (C=N–C) groups is 1. The van der Waals surface area contributed by atoms with E-state index in [4.69, 9.17) is 0 Å². The number of fused-ring (bicyclic) bond motifs is 1. The van der Waals surface area contributed by atoms with Crippen LogP contribution in [0.2, 0.25) is 0 Å². The SMILES string of the molecule is CN=C(NCCc1cn2ccccc2n1)N(C)Cc1ccccc1.I. The fraction of sp³-hybridized carbons (Fsp3) is 0.263. The van der Waals surface area contributed by atoms with Gasteiger partial charge in [-0.3, -0.25) is 4.99 Å². The maximum Gasteiger partial charge on any atom is 0.193 e.